The maximum absolute atomic E-state index is 6.04. The number of nitrogens with two attached hydrogens (primary N) is 1. The van der Waals surface area contributed by atoms with E-state index in [9.17, 15) is 0 Å². The standard InChI is InChI=1S/C18H39NO/c1-7-8-9-10-11-12-13-16(17(2,3)4)18(5,6)20-15-14-19/h16H,7-15,19H2,1-6H3. The lowest BCUT2D eigenvalue weighted by molar-refractivity contribution is -0.0925. The van der Waals surface area contributed by atoms with E-state index >= 15 is 0 Å². The number of rotatable bonds is 11. The lowest BCUT2D eigenvalue weighted by Crippen LogP contribution is -2.43. The van der Waals surface area contributed by atoms with Gasteiger partial charge in [0.15, 0.2) is 0 Å². The molecule has 0 amide bonds. The highest BCUT2D eigenvalue weighted by atomic mass is 16.5. The number of hydrogen-bond acceptors (Lipinski definition) is 2. The van der Waals surface area contributed by atoms with Crippen molar-refractivity contribution in [2.24, 2.45) is 17.1 Å². The first-order chi connectivity index (χ1) is 9.25. The fourth-order valence-corrected chi connectivity index (χ4v) is 3.37. The molecule has 0 saturated heterocycles. The van der Waals surface area contributed by atoms with Gasteiger partial charge in [-0.05, 0) is 31.6 Å². The lowest BCUT2D eigenvalue weighted by atomic mass is 9.69. The highest BCUT2D eigenvalue weighted by Crippen LogP contribution is 2.40. The second kappa shape index (κ2) is 9.78. The van der Waals surface area contributed by atoms with Gasteiger partial charge in [0.1, 0.15) is 0 Å². The first-order valence-electron chi connectivity index (χ1n) is 8.59. The third-order valence-electron chi connectivity index (χ3n) is 4.32. The molecule has 0 bridgehead atoms. The van der Waals surface area contributed by atoms with E-state index in [0.717, 1.165) is 0 Å². The predicted octanol–water partition coefficient (Wildman–Crippen LogP) is 5.15. The fourth-order valence-electron chi connectivity index (χ4n) is 3.37. The molecule has 0 aliphatic carbocycles. The molecule has 1 unspecified atom stereocenters. The van der Waals surface area contributed by atoms with Gasteiger partial charge >= 0.3 is 0 Å². The Morgan fingerprint density at radius 3 is 1.95 bits per heavy atom. The Bertz CT molecular complexity index is 230. The summed E-state index contributed by atoms with van der Waals surface area (Å²) >= 11 is 0. The Kier molecular flexibility index (Phi) is 9.74. The third-order valence-corrected chi connectivity index (χ3v) is 4.32. The van der Waals surface area contributed by atoms with Crippen molar-refractivity contribution in [1.29, 1.82) is 0 Å². The minimum atomic E-state index is -0.0823. The van der Waals surface area contributed by atoms with Gasteiger partial charge in [-0.3, -0.25) is 0 Å². The maximum Gasteiger partial charge on any atom is 0.0660 e. The number of hydrogen-bond donors (Lipinski definition) is 1. The molecule has 0 aromatic rings. The van der Waals surface area contributed by atoms with Crippen molar-refractivity contribution in [3.8, 4) is 0 Å². The first kappa shape index (κ1) is 19.9. The molecule has 0 aliphatic rings. The van der Waals surface area contributed by atoms with Gasteiger partial charge in [0.25, 0.3) is 0 Å². The van der Waals surface area contributed by atoms with E-state index in [1.165, 1.54) is 44.9 Å². The molecule has 0 radical (unpaired) electrons. The summed E-state index contributed by atoms with van der Waals surface area (Å²) in [7, 11) is 0. The van der Waals surface area contributed by atoms with Gasteiger partial charge in [-0.25, -0.2) is 0 Å². The van der Waals surface area contributed by atoms with Crippen molar-refractivity contribution < 1.29 is 4.74 Å². The van der Waals surface area contributed by atoms with E-state index in [4.69, 9.17) is 10.5 Å². The van der Waals surface area contributed by atoms with Crippen molar-refractivity contribution in [1.82, 2.24) is 0 Å². The van der Waals surface area contributed by atoms with E-state index < -0.39 is 0 Å². The normalized spacial score (nSPS) is 14.6. The van der Waals surface area contributed by atoms with Crippen LogP contribution in [-0.2, 0) is 4.74 Å². The van der Waals surface area contributed by atoms with Crippen LogP contribution in [0, 0.1) is 11.3 Å². The van der Waals surface area contributed by atoms with Gasteiger partial charge < -0.3 is 10.5 Å². The second-order valence-electron chi connectivity index (χ2n) is 7.72. The molecular weight excluding hydrogens is 246 g/mol. The minimum Gasteiger partial charge on any atom is -0.374 e. The molecule has 2 N–H and O–H groups in total. The van der Waals surface area contributed by atoms with Crippen molar-refractivity contribution in [2.45, 2.75) is 92.1 Å². The zero-order valence-electron chi connectivity index (χ0n) is 14.9. The molecule has 0 aliphatic heterocycles. The van der Waals surface area contributed by atoms with E-state index in [1.807, 2.05) is 0 Å². The molecule has 2 heteroatoms. The van der Waals surface area contributed by atoms with Crippen LogP contribution in [0.5, 0.6) is 0 Å². The molecule has 0 fully saturated rings. The molecule has 0 spiro atoms. The zero-order valence-corrected chi connectivity index (χ0v) is 14.9. The Balaban J connectivity index is 4.29. The lowest BCUT2D eigenvalue weighted by Gasteiger charge is -2.43. The molecule has 20 heavy (non-hydrogen) atoms. The monoisotopic (exact) mass is 285 g/mol. The summed E-state index contributed by atoms with van der Waals surface area (Å²) < 4.78 is 6.04. The molecule has 122 valence electrons. The average Bonchev–Trinajstić information content (AvgIpc) is 2.33. The highest BCUT2D eigenvalue weighted by Gasteiger charge is 2.38. The fraction of sp³-hybridized carbons (Fsp3) is 1.00. The van der Waals surface area contributed by atoms with Crippen LogP contribution in [0.15, 0.2) is 0 Å². The SMILES string of the molecule is CCCCCCCCC(C(C)(C)C)C(C)(C)OCCN. The molecule has 2 nitrogen and oxygen atoms in total. The summed E-state index contributed by atoms with van der Waals surface area (Å²) in [6, 6.07) is 0. The van der Waals surface area contributed by atoms with Crippen molar-refractivity contribution in [3.63, 3.8) is 0 Å². The van der Waals surface area contributed by atoms with Crippen LogP contribution in [0.25, 0.3) is 0 Å². The smallest absolute Gasteiger partial charge is 0.0660 e. The molecular formula is C18H39NO. The Labute approximate surface area is 127 Å². The Morgan fingerprint density at radius 1 is 0.900 bits per heavy atom. The minimum absolute atomic E-state index is 0.0823. The van der Waals surface area contributed by atoms with Crippen molar-refractivity contribution >= 4 is 0 Å². The third kappa shape index (κ3) is 8.26. The van der Waals surface area contributed by atoms with Gasteiger partial charge in [-0.2, -0.15) is 0 Å². The molecule has 0 aromatic heterocycles. The van der Waals surface area contributed by atoms with Crippen molar-refractivity contribution in [3.05, 3.63) is 0 Å². The summed E-state index contributed by atoms with van der Waals surface area (Å²) in [5, 5.41) is 0. The second-order valence-corrected chi connectivity index (χ2v) is 7.72. The summed E-state index contributed by atoms with van der Waals surface area (Å²) in [6.45, 7) is 15.0. The summed E-state index contributed by atoms with van der Waals surface area (Å²) in [5.74, 6) is 0.577. The van der Waals surface area contributed by atoms with Gasteiger partial charge in [-0.1, -0.05) is 66.2 Å². The van der Waals surface area contributed by atoms with Crippen LogP contribution < -0.4 is 5.73 Å². The van der Waals surface area contributed by atoms with E-state index in [0.29, 0.717) is 19.1 Å². The molecule has 0 heterocycles. The number of unbranched alkanes of at least 4 members (excludes halogenated alkanes) is 5. The number of ether oxygens (including phenoxy) is 1. The van der Waals surface area contributed by atoms with Gasteiger partial charge in [-0.15, -0.1) is 0 Å². The average molecular weight is 286 g/mol. The maximum atomic E-state index is 6.04. The molecule has 0 saturated carbocycles. The van der Waals surface area contributed by atoms with Gasteiger partial charge in [0.05, 0.1) is 12.2 Å². The zero-order chi connectivity index (χ0) is 15.6. The summed E-state index contributed by atoms with van der Waals surface area (Å²) in [4.78, 5) is 0. The molecule has 0 rings (SSSR count). The topological polar surface area (TPSA) is 35.2 Å². The van der Waals surface area contributed by atoms with Crippen LogP contribution in [0.4, 0.5) is 0 Å². The van der Waals surface area contributed by atoms with Crippen LogP contribution in [0.1, 0.15) is 86.5 Å². The largest absolute Gasteiger partial charge is 0.374 e. The van der Waals surface area contributed by atoms with Gasteiger partial charge in [0, 0.05) is 6.54 Å². The first-order valence-corrected chi connectivity index (χ1v) is 8.59. The van der Waals surface area contributed by atoms with E-state index in [1.54, 1.807) is 0 Å². The van der Waals surface area contributed by atoms with Crippen LogP contribution in [-0.4, -0.2) is 18.8 Å². The highest BCUT2D eigenvalue weighted by molar-refractivity contribution is 4.88. The Morgan fingerprint density at radius 2 is 1.45 bits per heavy atom. The quantitative estimate of drug-likeness (QED) is 0.533. The van der Waals surface area contributed by atoms with E-state index in [-0.39, 0.29) is 11.0 Å². The summed E-state index contributed by atoms with van der Waals surface area (Å²) in [6.07, 6.45) is 9.42. The van der Waals surface area contributed by atoms with Crippen LogP contribution >= 0.6 is 0 Å². The van der Waals surface area contributed by atoms with Crippen LogP contribution in [0.2, 0.25) is 0 Å². The summed E-state index contributed by atoms with van der Waals surface area (Å²) in [5.41, 5.74) is 5.79. The van der Waals surface area contributed by atoms with Crippen molar-refractivity contribution in [2.75, 3.05) is 13.2 Å². The Hall–Kier alpha value is -0.0800. The van der Waals surface area contributed by atoms with E-state index in [2.05, 4.69) is 41.5 Å². The molecule has 1 atom stereocenters. The van der Waals surface area contributed by atoms with Gasteiger partial charge in [0.2, 0.25) is 0 Å². The predicted molar refractivity (Wildman–Crippen MR) is 90.0 cm³/mol. The molecule has 0 aromatic carbocycles. The van der Waals surface area contributed by atoms with Crippen LogP contribution in [0.3, 0.4) is 0 Å².